The molecule has 0 radical (unpaired) electrons. The predicted molar refractivity (Wildman–Crippen MR) is 70.4 cm³/mol. The first-order valence-electron chi connectivity index (χ1n) is 6.84. The van der Waals surface area contributed by atoms with Crippen molar-refractivity contribution in [2.24, 2.45) is 0 Å². The van der Waals surface area contributed by atoms with Gasteiger partial charge in [0.2, 0.25) is 5.91 Å². The summed E-state index contributed by atoms with van der Waals surface area (Å²) in [5, 5.41) is 9.59. The van der Waals surface area contributed by atoms with Crippen LogP contribution >= 0.6 is 0 Å². The maximum Gasteiger partial charge on any atom is 0.222 e. The molecule has 106 valence electrons. The van der Waals surface area contributed by atoms with E-state index >= 15 is 0 Å². The van der Waals surface area contributed by atoms with Crippen molar-refractivity contribution < 1.29 is 14.6 Å². The van der Waals surface area contributed by atoms with Crippen molar-refractivity contribution >= 4 is 5.91 Å². The molecule has 5 heteroatoms. The molecule has 0 saturated carbocycles. The van der Waals surface area contributed by atoms with Crippen molar-refractivity contribution in [1.82, 2.24) is 9.80 Å². The van der Waals surface area contributed by atoms with Crippen molar-refractivity contribution in [2.45, 2.75) is 32.3 Å². The standard InChI is InChI=1S/C13H26N2O3/c1-3-12(16)11-14-6-8-15(9-7-14)13(17)5-4-10-18-2/h12,16H,3-11H2,1-2H3. The maximum absolute atomic E-state index is 11.9. The Morgan fingerprint density at radius 1 is 1.33 bits per heavy atom. The van der Waals surface area contributed by atoms with Gasteiger partial charge < -0.3 is 14.7 Å². The Morgan fingerprint density at radius 3 is 2.56 bits per heavy atom. The predicted octanol–water partition coefficient (Wildman–Crippen LogP) is 0.328. The van der Waals surface area contributed by atoms with E-state index in [1.807, 2.05) is 11.8 Å². The van der Waals surface area contributed by atoms with Gasteiger partial charge in [-0.1, -0.05) is 6.92 Å². The number of carbonyl (C=O) groups excluding carboxylic acids is 1. The fourth-order valence-electron chi connectivity index (χ4n) is 2.13. The molecule has 0 bridgehead atoms. The number of rotatable bonds is 7. The highest BCUT2D eigenvalue weighted by Gasteiger charge is 2.21. The largest absolute Gasteiger partial charge is 0.392 e. The number of piperazine rings is 1. The molecule has 0 aromatic heterocycles. The first-order valence-corrected chi connectivity index (χ1v) is 6.84. The van der Waals surface area contributed by atoms with Crippen LogP contribution in [0.5, 0.6) is 0 Å². The molecule has 0 aromatic rings. The van der Waals surface area contributed by atoms with Gasteiger partial charge in [-0.05, 0) is 12.8 Å². The second kappa shape index (κ2) is 8.45. The molecule has 1 fully saturated rings. The summed E-state index contributed by atoms with van der Waals surface area (Å²) in [5.41, 5.74) is 0. The third-order valence-corrected chi connectivity index (χ3v) is 3.40. The van der Waals surface area contributed by atoms with E-state index in [4.69, 9.17) is 4.74 Å². The summed E-state index contributed by atoms with van der Waals surface area (Å²) in [6.45, 7) is 6.65. The van der Waals surface area contributed by atoms with Crippen LogP contribution in [0.1, 0.15) is 26.2 Å². The minimum Gasteiger partial charge on any atom is -0.392 e. The van der Waals surface area contributed by atoms with Crippen LogP contribution in [-0.4, -0.2) is 73.4 Å². The topological polar surface area (TPSA) is 53.0 Å². The summed E-state index contributed by atoms with van der Waals surface area (Å²) < 4.78 is 4.95. The molecular weight excluding hydrogens is 232 g/mol. The second-order valence-corrected chi connectivity index (χ2v) is 4.84. The molecule has 1 saturated heterocycles. The zero-order valence-electron chi connectivity index (χ0n) is 11.6. The first kappa shape index (κ1) is 15.4. The number of amides is 1. The van der Waals surface area contributed by atoms with Gasteiger partial charge in [-0.15, -0.1) is 0 Å². The third-order valence-electron chi connectivity index (χ3n) is 3.40. The SMILES string of the molecule is CCC(O)CN1CCN(C(=O)CCCOC)CC1. The van der Waals surface area contributed by atoms with Gasteiger partial charge >= 0.3 is 0 Å². The number of aliphatic hydroxyl groups is 1. The van der Waals surface area contributed by atoms with Crippen LogP contribution in [0.2, 0.25) is 0 Å². The average molecular weight is 258 g/mol. The van der Waals surface area contributed by atoms with Crippen molar-refractivity contribution in [1.29, 1.82) is 0 Å². The van der Waals surface area contributed by atoms with E-state index < -0.39 is 0 Å². The lowest BCUT2D eigenvalue weighted by atomic mass is 10.2. The lowest BCUT2D eigenvalue weighted by Gasteiger charge is -2.35. The molecule has 1 rings (SSSR count). The molecule has 0 spiro atoms. The molecule has 1 unspecified atom stereocenters. The van der Waals surface area contributed by atoms with Gasteiger partial charge in [0.1, 0.15) is 0 Å². The molecule has 1 aliphatic rings. The van der Waals surface area contributed by atoms with Crippen LogP contribution in [0, 0.1) is 0 Å². The third kappa shape index (κ3) is 5.33. The minimum absolute atomic E-state index is 0.225. The van der Waals surface area contributed by atoms with Crippen LogP contribution in [0.25, 0.3) is 0 Å². The molecule has 1 atom stereocenters. The van der Waals surface area contributed by atoms with Gasteiger partial charge in [0.25, 0.3) is 0 Å². The normalized spacial score (nSPS) is 18.9. The van der Waals surface area contributed by atoms with Crippen LogP contribution in [0.3, 0.4) is 0 Å². The number of hydrogen-bond donors (Lipinski definition) is 1. The highest BCUT2D eigenvalue weighted by atomic mass is 16.5. The summed E-state index contributed by atoms with van der Waals surface area (Å²) >= 11 is 0. The van der Waals surface area contributed by atoms with E-state index in [1.54, 1.807) is 7.11 Å². The number of β-amino-alcohol motifs (C(OH)–C–C–N with tert-alkyl or cyclic N) is 1. The molecular formula is C13H26N2O3. The first-order chi connectivity index (χ1) is 8.67. The zero-order chi connectivity index (χ0) is 13.4. The summed E-state index contributed by atoms with van der Waals surface area (Å²) in [6.07, 6.45) is 1.92. The van der Waals surface area contributed by atoms with Crippen molar-refractivity contribution in [3.05, 3.63) is 0 Å². The molecule has 5 nitrogen and oxygen atoms in total. The van der Waals surface area contributed by atoms with Gasteiger partial charge in [-0.25, -0.2) is 0 Å². The van der Waals surface area contributed by atoms with Crippen LogP contribution < -0.4 is 0 Å². The Kier molecular flexibility index (Phi) is 7.23. The van der Waals surface area contributed by atoms with Crippen LogP contribution in [-0.2, 0) is 9.53 Å². The van der Waals surface area contributed by atoms with Gasteiger partial charge in [0.15, 0.2) is 0 Å². The van der Waals surface area contributed by atoms with E-state index in [-0.39, 0.29) is 12.0 Å². The van der Waals surface area contributed by atoms with Gasteiger partial charge in [0, 0.05) is 52.9 Å². The Hall–Kier alpha value is -0.650. The highest BCUT2D eigenvalue weighted by molar-refractivity contribution is 5.76. The number of methoxy groups -OCH3 is 1. The summed E-state index contributed by atoms with van der Waals surface area (Å²) in [5.74, 6) is 0.225. The van der Waals surface area contributed by atoms with E-state index in [1.165, 1.54) is 0 Å². The Bertz CT molecular complexity index is 240. The molecule has 1 amide bonds. The second-order valence-electron chi connectivity index (χ2n) is 4.84. The Balaban J connectivity index is 2.20. The lowest BCUT2D eigenvalue weighted by Crippen LogP contribution is -2.50. The van der Waals surface area contributed by atoms with Gasteiger partial charge in [0.05, 0.1) is 6.10 Å². The monoisotopic (exact) mass is 258 g/mol. The van der Waals surface area contributed by atoms with E-state index in [0.717, 1.165) is 45.6 Å². The van der Waals surface area contributed by atoms with Crippen molar-refractivity contribution in [3.63, 3.8) is 0 Å². The Morgan fingerprint density at radius 2 is 2.00 bits per heavy atom. The smallest absolute Gasteiger partial charge is 0.222 e. The fourth-order valence-corrected chi connectivity index (χ4v) is 2.13. The summed E-state index contributed by atoms with van der Waals surface area (Å²) in [4.78, 5) is 16.0. The van der Waals surface area contributed by atoms with Gasteiger partial charge in [-0.2, -0.15) is 0 Å². The zero-order valence-corrected chi connectivity index (χ0v) is 11.6. The highest BCUT2D eigenvalue weighted by Crippen LogP contribution is 2.06. The number of aliphatic hydroxyl groups excluding tert-OH is 1. The number of carbonyl (C=O) groups is 1. The van der Waals surface area contributed by atoms with Crippen molar-refractivity contribution in [3.8, 4) is 0 Å². The molecule has 1 heterocycles. The number of ether oxygens (including phenoxy) is 1. The number of nitrogens with zero attached hydrogens (tertiary/aromatic N) is 2. The van der Waals surface area contributed by atoms with Gasteiger partial charge in [-0.3, -0.25) is 9.69 Å². The maximum atomic E-state index is 11.9. The van der Waals surface area contributed by atoms with Crippen LogP contribution in [0.4, 0.5) is 0 Å². The van der Waals surface area contributed by atoms with E-state index in [9.17, 15) is 9.90 Å². The minimum atomic E-state index is -0.242. The molecule has 1 N–H and O–H groups in total. The number of hydrogen-bond acceptors (Lipinski definition) is 4. The van der Waals surface area contributed by atoms with Crippen molar-refractivity contribution in [2.75, 3.05) is 46.4 Å². The summed E-state index contributed by atoms with van der Waals surface area (Å²) in [7, 11) is 1.66. The van der Waals surface area contributed by atoms with Crippen LogP contribution in [0.15, 0.2) is 0 Å². The lowest BCUT2D eigenvalue weighted by molar-refractivity contribution is -0.133. The molecule has 0 aliphatic carbocycles. The van der Waals surface area contributed by atoms with E-state index in [2.05, 4.69) is 4.90 Å². The molecule has 0 aromatic carbocycles. The molecule has 1 aliphatic heterocycles. The summed E-state index contributed by atoms with van der Waals surface area (Å²) in [6, 6.07) is 0. The fraction of sp³-hybridized carbons (Fsp3) is 0.923. The Labute approximate surface area is 110 Å². The quantitative estimate of drug-likeness (QED) is 0.669. The average Bonchev–Trinajstić information content (AvgIpc) is 2.39. The van der Waals surface area contributed by atoms with E-state index in [0.29, 0.717) is 13.0 Å². The molecule has 18 heavy (non-hydrogen) atoms.